The standard InChI is InChI=1S/C14H18N2O/c15-11-5-7-14(17,8-6-11)13-9-10-3-1-2-4-12(10)16-13/h1-4,9,11,16-17H,5-8,15H2. The van der Waals surface area contributed by atoms with Gasteiger partial charge in [0, 0.05) is 17.3 Å². The number of fused-ring (bicyclic) bond motifs is 1. The van der Waals surface area contributed by atoms with Gasteiger partial charge in [-0.1, -0.05) is 18.2 Å². The van der Waals surface area contributed by atoms with Crippen LogP contribution < -0.4 is 5.73 Å². The first-order chi connectivity index (χ1) is 8.17. The van der Waals surface area contributed by atoms with Crippen molar-refractivity contribution in [1.82, 2.24) is 4.98 Å². The van der Waals surface area contributed by atoms with Crippen LogP contribution in [0.3, 0.4) is 0 Å². The third-order valence-electron chi connectivity index (χ3n) is 3.89. The summed E-state index contributed by atoms with van der Waals surface area (Å²) < 4.78 is 0. The molecule has 1 aliphatic carbocycles. The molecule has 0 amide bonds. The van der Waals surface area contributed by atoms with E-state index in [0.29, 0.717) is 0 Å². The van der Waals surface area contributed by atoms with Gasteiger partial charge in [-0.15, -0.1) is 0 Å². The van der Waals surface area contributed by atoms with E-state index in [4.69, 9.17) is 5.73 Å². The summed E-state index contributed by atoms with van der Waals surface area (Å²) in [4.78, 5) is 3.33. The number of benzene rings is 1. The number of hydrogen-bond donors (Lipinski definition) is 3. The smallest absolute Gasteiger partial charge is 0.104 e. The summed E-state index contributed by atoms with van der Waals surface area (Å²) in [6.07, 6.45) is 3.29. The number of nitrogens with one attached hydrogen (secondary N) is 1. The molecule has 0 bridgehead atoms. The third kappa shape index (κ3) is 1.85. The number of aromatic nitrogens is 1. The highest BCUT2D eigenvalue weighted by atomic mass is 16.3. The quantitative estimate of drug-likeness (QED) is 0.703. The highest BCUT2D eigenvalue weighted by Gasteiger charge is 2.34. The van der Waals surface area contributed by atoms with Crippen LogP contribution in [-0.2, 0) is 5.60 Å². The molecule has 0 saturated heterocycles. The molecule has 17 heavy (non-hydrogen) atoms. The maximum Gasteiger partial charge on any atom is 0.104 e. The third-order valence-corrected chi connectivity index (χ3v) is 3.89. The molecule has 0 spiro atoms. The summed E-state index contributed by atoms with van der Waals surface area (Å²) >= 11 is 0. The van der Waals surface area contributed by atoms with E-state index >= 15 is 0 Å². The summed E-state index contributed by atoms with van der Waals surface area (Å²) in [6, 6.07) is 10.4. The van der Waals surface area contributed by atoms with E-state index in [0.717, 1.165) is 42.3 Å². The minimum absolute atomic E-state index is 0.250. The van der Waals surface area contributed by atoms with Crippen LogP contribution in [0.2, 0.25) is 0 Å². The molecule has 0 aliphatic heterocycles. The topological polar surface area (TPSA) is 62.0 Å². The maximum atomic E-state index is 10.7. The molecule has 1 heterocycles. The molecular formula is C14H18N2O. The van der Waals surface area contributed by atoms with Crippen molar-refractivity contribution >= 4 is 10.9 Å². The summed E-state index contributed by atoms with van der Waals surface area (Å²) in [7, 11) is 0. The Morgan fingerprint density at radius 3 is 2.65 bits per heavy atom. The minimum atomic E-state index is -0.713. The lowest BCUT2D eigenvalue weighted by atomic mass is 9.80. The van der Waals surface area contributed by atoms with Gasteiger partial charge >= 0.3 is 0 Å². The van der Waals surface area contributed by atoms with E-state index < -0.39 is 5.60 Å². The fraction of sp³-hybridized carbons (Fsp3) is 0.429. The second kappa shape index (κ2) is 3.86. The second-order valence-electron chi connectivity index (χ2n) is 5.14. The van der Waals surface area contributed by atoms with Crippen molar-refractivity contribution in [3.05, 3.63) is 36.0 Å². The number of aliphatic hydroxyl groups is 1. The van der Waals surface area contributed by atoms with Crippen molar-refractivity contribution in [3.8, 4) is 0 Å². The van der Waals surface area contributed by atoms with Gasteiger partial charge in [0.25, 0.3) is 0 Å². The average Bonchev–Trinajstić information content (AvgIpc) is 2.77. The van der Waals surface area contributed by atoms with Gasteiger partial charge in [0.1, 0.15) is 5.60 Å². The Labute approximate surface area is 101 Å². The van der Waals surface area contributed by atoms with Crippen LogP contribution >= 0.6 is 0 Å². The number of para-hydroxylation sites is 1. The fourth-order valence-electron chi connectivity index (χ4n) is 2.71. The zero-order valence-corrected chi connectivity index (χ0v) is 9.82. The highest BCUT2D eigenvalue weighted by molar-refractivity contribution is 5.80. The van der Waals surface area contributed by atoms with Gasteiger partial charge in [0.2, 0.25) is 0 Å². The molecule has 90 valence electrons. The molecule has 2 aromatic rings. The normalized spacial score (nSPS) is 29.6. The molecule has 0 unspecified atom stereocenters. The zero-order chi connectivity index (χ0) is 11.9. The lowest BCUT2D eigenvalue weighted by Crippen LogP contribution is -2.37. The number of hydrogen-bond acceptors (Lipinski definition) is 2. The molecule has 1 aliphatic rings. The van der Waals surface area contributed by atoms with Crippen LogP contribution in [0, 0.1) is 0 Å². The van der Waals surface area contributed by atoms with Crippen LogP contribution in [-0.4, -0.2) is 16.1 Å². The van der Waals surface area contributed by atoms with Crippen molar-refractivity contribution in [2.75, 3.05) is 0 Å². The predicted molar refractivity (Wildman–Crippen MR) is 68.6 cm³/mol. The minimum Gasteiger partial charge on any atom is -0.384 e. The van der Waals surface area contributed by atoms with E-state index in [1.54, 1.807) is 0 Å². The van der Waals surface area contributed by atoms with Crippen molar-refractivity contribution in [1.29, 1.82) is 0 Å². The molecular weight excluding hydrogens is 212 g/mol. The summed E-state index contributed by atoms with van der Waals surface area (Å²) in [5.41, 5.74) is 7.20. The van der Waals surface area contributed by atoms with E-state index in [9.17, 15) is 5.11 Å². The Kier molecular flexibility index (Phi) is 2.45. The average molecular weight is 230 g/mol. The van der Waals surface area contributed by atoms with E-state index in [-0.39, 0.29) is 6.04 Å². The Morgan fingerprint density at radius 2 is 1.94 bits per heavy atom. The number of H-pyrrole nitrogens is 1. The first-order valence-corrected chi connectivity index (χ1v) is 6.24. The molecule has 3 heteroatoms. The number of nitrogens with two attached hydrogens (primary N) is 1. The van der Waals surface area contributed by atoms with Gasteiger partial charge in [-0.25, -0.2) is 0 Å². The molecule has 0 radical (unpaired) electrons. The van der Waals surface area contributed by atoms with E-state index in [1.165, 1.54) is 0 Å². The second-order valence-corrected chi connectivity index (χ2v) is 5.14. The first-order valence-electron chi connectivity index (χ1n) is 6.24. The van der Waals surface area contributed by atoms with Crippen molar-refractivity contribution < 1.29 is 5.11 Å². The Bertz CT molecular complexity index is 491. The van der Waals surface area contributed by atoms with Gasteiger partial charge < -0.3 is 15.8 Å². The van der Waals surface area contributed by atoms with Gasteiger partial charge in [-0.2, -0.15) is 0 Å². The first kappa shape index (κ1) is 10.8. The van der Waals surface area contributed by atoms with Crippen LogP contribution in [0.4, 0.5) is 0 Å². The van der Waals surface area contributed by atoms with E-state index in [1.807, 2.05) is 18.2 Å². The summed E-state index contributed by atoms with van der Waals surface area (Å²) in [5.74, 6) is 0. The fourth-order valence-corrected chi connectivity index (χ4v) is 2.71. The SMILES string of the molecule is NC1CCC(O)(c2cc3ccccc3[nH]2)CC1. The van der Waals surface area contributed by atoms with E-state index in [2.05, 4.69) is 17.1 Å². The molecule has 0 atom stereocenters. The Balaban J connectivity index is 1.97. The van der Waals surface area contributed by atoms with Gasteiger partial charge in [0.15, 0.2) is 0 Å². The molecule has 1 saturated carbocycles. The molecule has 3 rings (SSSR count). The van der Waals surface area contributed by atoms with Crippen LogP contribution in [0.5, 0.6) is 0 Å². The zero-order valence-electron chi connectivity index (χ0n) is 9.82. The summed E-state index contributed by atoms with van der Waals surface area (Å²) in [5, 5.41) is 11.8. The highest BCUT2D eigenvalue weighted by Crippen LogP contribution is 2.37. The van der Waals surface area contributed by atoms with Gasteiger partial charge in [0.05, 0.1) is 0 Å². The Hall–Kier alpha value is -1.32. The lowest BCUT2D eigenvalue weighted by molar-refractivity contribution is -0.00823. The predicted octanol–water partition coefficient (Wildman–Crippen LogP) is 2.26. The molecule has 3 nitrogen and oxygen atoms in total. The Morgan fingerprint density at radius 1 is 1.24 bits per heavy atom. The van der Waals surface area contributed by atoms with Crippen molar-refractivity contribution in [2.24, 2.45) is 5.73 Å². The van der Waals surface area contributed by atoms with Gasteiger partial charge in [-0.3, -0.25) is 0 Å². The summed E-state index contributed by atoms with van der Waals surface area (Å²) in [6.45, 7) is 0. The molecule has 4 N–H and O–H groups in total. The number of rotatable bonds is 1. The van der Waals surface area contributed by atoms with Crippen molar-refractivity contribution in [2.45, 2.75) is 37.3 Å². The van der Waals surface area contributed by atoms with Crippen LogP contribution in [0.25, 0.3) is 10.9 Å². The molecule has 1 aromatic heterocycles. The maximum absolute atomic E-state index is 10.7. The molecule has 1 aromatic carbocycles. The van der Waals surface area contributed by atoms with Crippen LogP contribution in [0.1, 0.15) is 31.4 Å². The number of aromatic amines is 1. The molecule has 1 fully saturated rings. The lowest BCUT2D eigenvalue weighted by Gasteiger charge is -2.34. The van der Waals surface area contributed by atoms with Gasteiger partial charge in [-0.05, 0) is 43.2 Å². The van der Waals surface area contributed by atoms with Crippen molar-refractivity contribution in [3.63, 3.8) is 0 Å². The monoisotopic (exact) mass is 230 g/mol. The largest absolute Gasteiger partial charge is 0.384 e. The van der Waals surface area contributed by atoms with Crippen LogP contribution in [0.15, 0.2) is 30.3 Å².